The summed E-state index contributed by atoms with van der Waals surface area (Å²) >= 11 is 0. The van der Waals surface area contributed by atoms with Crippen molar-refractivity contribution < 1.29 is 4.42 Å². The Labute approximate surface area is 285 Å². The second-order valence-electron chi connectivity index (χ2n) is 13.7. The summed E-state index contributed by atoms with van der Waals surface area (Å²) in [4.78, 5) is 2.41. The first-order valence-electron chi connectivity index (χ1n) is 17.0. The average molecular weight is 628 g/mol. The molecule has 2 heteroatoms. The Morgan fingerprint density at radius 1 is 0.429 bits per heavy atom. The van der Waals surface area contributed by atoms with Gasteiger partial charge in [-0.1, -0.05) is 147 Å². The molecular formula is C47H33NO. The predicted molar refractivity (Wildman–Crippen MR) is 206 cm³/mol. The minimum Gasteiger partial charge on any atom is -0.453 e. The van der Waals surface area contributed by atoms with E-state index in [0.717, 1.165) is 44.4 Å². The van der Waals surface area contributed by atoms with Crippen LogP contribution in [0.3, 0.4) is 0 Å². The van der Waals surface area contributed by atoms with Crippen LogP contribution in [0.4, 0.5) is 17.1 Å². The zero-order valence-corrected chi connectivity index (χ0v) is 27.4. The number of benzene rings is 8. The minimum absolute atomic E-state index is 0.115. The van der Waals surface area contributed by atoms with E-state index in [1.807, 2.05) is 0 Å². The van der Waals surface area contributed by atoms with Crippen molar-refractivity contribution in [1.82, 2.24) is 0 Å². The zero-order chi connectivity index (χ0) is 32.7. The van der Waals surface area contributed by atoms with E-state index in [4.69, 9.17) is 4.42 Å². The normalized spacial score (nSPS) is 13.3. The van der Waals surface area contributed by atoms with Crippen LogP contribution in [0.5, 0.6) is 0 Å². The molecule has 0 amide bonds. The van der Waals surface area contributed by atoms with Crippen molar-refractivity contribution in [3.05, 3.63) is 175 Å². The van der Waals surface area contributed by atoms with Crippen molar-refractivity contribution in [2.75, 3.05) is 4.90 Å². The van der Waals surface area contributed by atoms with E-state index in [9.17, 15) is 0 Å². The summed E-state index contributed by atoms with van der Waals surface area (Å²) in [5.74, 6) is 0. The molecule has 0 spiro atoms. The molecule has 8 aromatic carbocycles. The van der Waals surface area contributed by atoms with E-state index >= 15 is 0 Å². The van der Waals surface area contributed by atoms with Gasteiger partial charge in [-0.2, -0.15) is 0 Å². The van der Waals surface area contributed by atoms with Crippen LogP contribution in [0.15, 0.2) is 168 Å². The Morgan fingerprint density at radius 2 is 1.02 bits per heavy atom. The SMILES string of the molecule is CC1(C)c2ccccc2-c2c(N(c3ccc(-c4cccc5ccccc45)cc3)c3cccc4c3oc3c5ccccc5ccc43)cccc21. The average Bonchev–Trinajstić information content (AvgIpc) is 3.65. The van der Waals surface area contributed by atoms with Gasteiger partial charge in [0.25, 0.3) is 0 Å². The van der Waals surface area contributed by atoms with E-state index in [1.54, 1.807) is 0 Å². The molecule has 1 aliphatic carbocycles. The lowest BCUT2D eigenvalue weighted by Crippen LogP contribution is -2.16. The van der Waals surface area contributed by atoms with Gasteiger partial charge in [-0.25, -0.2) is 0 Å². The van der Waals surface area contributed by atoms with E-state index < -0.39 is 0 Å². The van der Waals surface area contributed by atoms with Crippen LogP contribution >= 0.6 is 0 Å². The van der Waals surface area contributed by atoms with Crippen molar-refractivity contribution in [3.8, 4) is 22.3 Å². The van der Waals surface area contributed by atoms with Crippen LogP contribution < -0.4 is 4.90 Å². The molecule has 0 radical (unpaired) electrons. The lowest BCUT2D eigenvalue weighted by atomic mass is 9.82. The Hall–Kier alpha value is -6.12. The Morgan fingerprint density at radius 3 is 1.88 bits per heavy atom. The standard InChI is InChI=1S/C47H33NO/c1-47(2)40-20-8-7-17-39(40)44-41(47)21-11-22-42(44)48(33-27-24-32(25-28-33)35-18-9-14-30-12-3-5-15-34(30)35)43-23-10-19-37-38-29-26-31-13-4-6-16-36(31)45(38)49-46(37)43/h3-29H,1-2H3. The molecule has 0 unspecified atom stereocenters. The number of nitrogens with zero attached hydrogens (tertiary/aromatic N) is 1. The first-order valence-corrected chi connectivity index (χ1v) is 17.0. The van der Waals surface area contributed by atoms with Crippen LogP contribution in [0.25, 0.3) is 65.7 Å². The fourth-order valence-corrected chi connectivity index (χ4v) is 8.28. The molecule has 49 heavy (non-hydrogen) atoms. The topological polar surface area (TPSA) is 16.4 Å². The highest BCUT2D eigenvalue weighted by Gasteiger charge is 2.38. The third kappa shape index (κ3) is 4.07. The van der Waals surface area contributed by atoms with Gasteiger partial charge in [0, 0.05) is 32.8 Å². The van der Waals surface area contributed by atoms with Gasteiger partial charge in [-0.05, 0) is 74.3 Å². The van der Waals surface area contributed by atoms with Gasteiger partial charge in [0.05, 0.1) is 11.4 Å². The molecule has 1 heterocycles. The number of hydrogen-bond donors (Lipinski definition) is 0. The molecule has 1 aromatic heterocycles. The maximum atomic E-state index is 6.95. The fraction of sp³-hybridized carbons (Fsp3) is 0.0638. The highest BCUT2D eigenvalue weighted by Crippen LogP contribution is 2.55. The van der Waals surface area contributed by atoms with Crippen LogP contribution in [-0.2, 0) is 5.41 Å². The summed E-state index contributed by atoms with van der Waals surface area (Å²) < 4.78 is 6.95. The first kappa shape index (κ1) is 27.9. The fourth-order valence-electron chi connectivity index (χ4n) is 8.28. The minimum atomic E-state index is -0.115. The molecule has 0 N–H and O–H groups in total. The third-order valence-electron chi connectivity index (χ3n) is 10.7. The molecule has 0 bridgehead atoms. The number of hydrogen-bond acceptors (Lipinski definition) is 2. The van der Waals surface area contributed by atoms with Gasteiger partial charge >= 0.3 is 0 Å². The largest absolute Gasteiger partial charge is 0.453 e. The first-order chi connectivity index (χ1) is 24.1. The van der Waals surface area contributed by atoms with Crippen molar-refractivity contribution in [2.24, 2.45) is 0 Å². The monoisotopic (exact) mass is 627 g/mol. The van der Waals surface area contributed by atoms with Crippen molar-refractivity contribution in [1.29, 1.82) is 0 Å². The summed E-state index contributed by atoms with van der Waals surface area (Å²) in [6.45, 7) is 4.69. The summed E-state index contributed by atoms with van der Waals surface area (Å²) in [5.41, 5.74) is 12.6. The number of fused-ring (bicyclic) bond motifs is 9. The highest BCUT2D eigenvalue weighted by atomic mass is 16.3. The molecule has 2 nitrogen and oxygen atoms in total. The van der Waals surface area contributed by atoms with Gasteiger partial charge in [0.1, 0.15) is 5.58 Å². The van der Waals surface area contributed by atoms with Gasteiger partial charge in [0.15, 0.2) is 5.58 Å². The molecule has 0 fully saturated rings. The molecule has 0 atom stereocenters. The highest BCUT2D eigenvalue weighted by molar-refractivity contribution is 6.18. The lowest BCUT2D eigenvalue weighted by Gasteiger charge is -2.29. The van der Waals surface area contributed by atoms with Crippen LogP contribution in [0.1, 0.15) is 25.0 Å². The predicted octanol–water partition coefficient (Wildman–Crippen LogP) is 13.3. The van der Waals surface area contributed by atoms with Gasteiger partial charge in [-0.15, -0.1) is 0 Å². The molecule has 10 rings (SSSR count). The molecule has 1 aliphatic rings. The Kier molecular flexibility index (Phi) is 5.95. The summed E-state index contributed by atoms with van der Waals surface area (Å²) in [5, 5.41) is 7.06. The summed E-state index contributed by atoms with van der Waals surface area (Å²) in [7, 11) is 0. The number of para-hydroxylation sites is 1. The molecule has 0 aliphatic heterocycles. The second-order valence-corrected chi connectivity index (χ2v) is 13.7. The third-order valence-corrected chi connectivity index (χ3v) is 10.7. The van der Waals surface area contributed by atoms with E-state index in [-0.39, 0.29) is 5.41 Å². The van der Waals surface area contributed by atoms with Crippen LogP contribution in [0.2, 0.25) is 0 Å². The number of furan rings is 1. The molecule has 232 valence electrons. The number of anilines is 3. The van der Waals surface area contributed by atoms with E-state index in [0.29, 0.717) is 0 Å². The maximum Gasteiger partial charge on any atom is 0.159 e. The van der Waals surface area contributed by atoms with Crippen LogP contribution in [-0.4, -0.2) is 0 Å². The van der Waals surface area contributed by atoms with Crippen molar-refractivity contribution >= 4 is 60.5 Å². The van der Waals surface area contributed by atoms with Crippen molar-refractivity contribution in [2.45, 2.75) is 19.3 Å². The lowest BCUT2D eigenvalue weighted by molar-refractivity contribution is 0.660. The Balaban J connectivity index is 1.24. The maximum absolute atomic E-state index is 6.95. The van der Waals surface area contributed by atoms with Gasteiger partial charge in [0.2, 0.25) is 0 Å². The summed E-state index contributed by atoms with van der Waals surface area (Å²) in [6, 6.07) is 59.3. The Bertz CT molecular complexity index is 2740. The number of rotatable bonds is 4. The second kappa shape index (κ2) is 10.4. The molecule has 0 saturated carbocycles. The quantitative estimate of drug-likeness (QED) is 0.193. The van der Waals surface area contributed by atoms with Gasteiger partial charge in [-0.3, -0.25) is 0 Å². The van der Waals surface area contributed by atoms with E-state index in [1.165, 1.54) is 49.5 Å². The van der Waals surface area contributed by atoms with E-state index in [2.05, 4.69) is 183 Å². The smallest absolute Gasteiger partial charge is 0.159 e. The van der Waals surface area contributed by atoms with Crippen LogP contribution in [0, 0.1) is 0 Å². The van der Waals surface area contributed by atoms with Crippen molar-refractivity contribution in [3.63, 3.8) is 0 Å². The molecular weight excluding hydrogens is 595 g/mol. The summed E-state index contributed by atoms with van der Waals surface area (Å²) in [6.07, 6.45) is 0. The molecule has 9 aromatic rings. The van der Waals surface area contributed by atoms with Gasteiger partial charge < -0.3 is 9.32 Å². The zero-order valence-electron chi connectivity index (χ0n) is 27.4. The molecule has 0 saturated heterocycles.